The third-order valence-corrected chi connectivity index (χ3v) is 5.02. The topological polar surface area (TPSA) is 27.3 Å². The molecule has 3 nitrogen and oxygen atoms in total. The maximum atomic E-state index is 6.14. The van der Waals surface area contributed by atoms with Crippen molar-refractivity contribution in [1.82, 2.24) is 10.3 Å². The third-order valence-electron chi connectivity index (χ3n) is 4.47. The Morgan fingerprint density at radius 3 is 2.15 bits per heavy atom. The summed E-state index contributed by atoms with van der Waals surface area (Å²) in [6.45, 7) is 0. The number of halogens is 1. The summed E-state index contributed by atoms with van der Waals surface area (Å²) in [4.78, 5) is 0. The van der Waals surface area contributed by atoms with E-state index >= 15 is 0 Å². The molecule has 2 atom stereocenters. The van der Waals surface area contributed by atoms with Crippen LogP contribution in [0.4, 0.5) is 5.69 Å². The molecule has 130 valence electrons. The van der Waals surface area contributed by atoms with Gasteiger partial charge in [-0.1, -0.05) is 78.3 Å². The molecule has 4 rings (SSSR count). The monoisotopic (exact) mass is 379 g/mol. The maximum Gasteiger partial charge on any atom is 0.189 e. The fourth-order valence-corrected chi connectivity index (χ4v) is 3.77. The summed E-state index contributed by atoms with van der Waals surface area (Å²) in [6.07, 6.45) is 0. The van der Waals surface area contributed by atoms with Crippen molar-refractivity contribution in [2.75, 3.05) is 5.43 Å². The molecule has 2 unspecified atom stereocenters. The summed E-state index contributed by atoms with van der Waals surface area (Å²) in [7, 11) is 0. The first-order valence-electron chi connectivity index (χ1n) is 8.44. The summed E-state index contributed by atoms with van der Waals surface area (Å²) in [6, 6.07) is 28.5. The van der Waals surface area contributed by atoms with E-state index in [9.17, 15) is 0 Å². The molecule has 0 radical (unpaired) electrons. The Balaban J connectivity index is 1.73. The molecule has 3 aromatic carbocycles. The number of anilines is 1. The predicted octanol–water partition coefficient (Wildman–Crippen LogP) is 5.34. The highest BCUT2D eigenvalue weighted by Gasteiger charge is 2.39. The molecule has 0 aliphatic carbocycles. The molecule has 3 aromatic rings. The zero-order chi connectivity index (χ0) is 17.9. The second-order valence-electron chi connectivity index (χ2n) is 6.19. The summed E-state index contributed by atoms with van der Waals surface area (Å²) in [5, 5.41) is 6.82. The minimum absolute atomic E-state index is 0.0186. The van der Waals surface area contributed by atoms with Crippen molar-refractivity contribution < 1.29 is 0 Å². The Hall–Kier alpha value is -2.56. The third kappa shape index (κ3) is 3.39. The lowest BCUT2D eigenvalue weighted by atomic mass is 9.94. The van der Waals surface area contributed by atoms with Gasteiger partial charge in [-0.25, -0.2) is 0 Å². The van der Waals surface area contributed by atoms with Crippen LogP contribution in [0.3, 0.4) is 0 Å². The van der Waals surface area contributed by atoms with E-state index in [1.54, 1.807) is 0 Å². The van der Waals surface area contributed by atoms with Crippen molar-refractivity contribution in [3.8, 4) is 0 Å². The van der Waals surface area contributed by atoms with Gasteiger partial charge in [-0.15, -0.1) is 0 Å². The molecule has 0 saturated carbocycles. The summed E-state index contributed by atoms with van der Waals surface area (Å²) in [5.74, 6) is 0. The van der Waals surface area contributed by atoms with Gasteiger partial charge in [-0.2, -0.15) is 0 Å². The smallest absolute Gasteiger partial charge is 0.189 e. The van der Waals surface area contributed by atoms with Gasteiger partial charge in [0.15, 0.2) is 5.11 Å². The minimum atomic E-state index is 0.0186. The number of benzene rings is 3. The average Bonchev–Trinajstić information content (AvgIpc) is 3.00. The van der Waals surface area contributed by atoms with Crippen molar-refractivity contribution in [3.63, 3.8) is 0 Å². The SMILES string of the molecule is S=C1NC(c2ccccc2)C(c2ccccc2)N1Nc1cccc(Cl)c1. The molecule has 1 aliphatic rings. The van der Waals surface area contributed by atoms with Crippen molar-refractivity contribution >= 4 is 34.6 Å². The predicted molar refractivity (Wildman–Crippen MR) is 111 cm³/mol. The van der Waals surface area contributed by atoms with Gasteiger partial charge in [0.1, 0.15) is 6.04 Å². The zero-order valence-electron chi connectivity index (χ0n) is 14.0. The van der Waals surface area contributed by atoms with Gasteiger partial charge < -0.3 is 5.32 Å². The van der Waals surface area contributed by atoms with E-state index in [2.05, 4.69) is 59.3 Å². The highest BCUT2D eigenvalue weighted by molar-refractivity contribution is 7.80. The van der Waals surface area contributed by atoms with E-state index in [-0.39, 0.29) is 12.1 Å². The lowest BCUT2D eigenvalue weighted by Gasteiger charge is -2.29. The van der Waals surface area contributed by atoms with Crippen molar-refractivity contribution in [1.29, 1.82) is 0 Å². The van der Waals surface area contributed by atoms with Crippen LogP contribution in [-0.4, -0.2) is 10.1 Å². The fraction of sp³-hybridized carbons (Fsp3) is 0.0952. The molecular weight excluding hydrogens is 362 g/mol. The molecular formula is C21H18ClN3S. The zero-order valence-corrected chi connectivity index (χ0v) is 15.5. The van der Waals surface area contributed by atoms with Crippen LogP contribution < -0.4 is 10.7 Å². The van der Waals surface area contributed by atoms with Crippen LogP contribution in [0.15, 0.2) is 84.9 Å². The molecule has 0 bridgehead atoms. The second-order valence-corrected chi connectivity index (χ2v) is 7.01. The minimum Gasteiger partial charge on any atom is -0.352 e. The standard InChI is InChI=1S/C21H18ClN3S/c22-17-12-7-13-18(14-17)24-25-20(16-10-5-2-6-11-16)19(23-21(25)26)15-8-3-1-4-9-15/h1-14,19-20,24H,(H,23,26). The number of nitrogens with zero attached hydrogens (tertiary/aromatic N) is 1. The molecule has 2 N–H and O–H groups in total. The molecule has 0 spiro atoms. The number of hydrazine groups is 1. The number of hydrogen-bond donors (Lipinski definition) is 2. The van der Waals surface area contributed by atoms with Crippen molar-refractivity contribution in [3.05, 3.63) is 101 Å². The maximum absolute atomic E-state index is 6.14. The average molecular weight is 380 g/mol. The molecule has 1 saturated heterocycles. The largest absolute Gasteiger partial charge is 0.352 e. The van der Waals surface area contributed by atoms with E-state index in [0.717, 1.165) is 5.69 Å². The van der Waals surface area contributed by atoms with Crippen LogP contribution in [0, 0.1) is 0 Å². The van der Waals surface area contributed by atoms with Crippen LogP contribution in [0.1, 0.15) is 23.2 Å². The molecule has 1 fully saturated rings. The number of thiocarbonyl (C=S) groups is 1. The molecule has 0 amide bonds. The Labute approximate surface area is 163 Å². The van der Waals surface area contributed by atoms with Gasteiger partial charge in [-0.3, -0.25) is 10.4 Å². The first kappa shape index (κ1) is 16.9. The van der Waals surface area contributed by atoms with Crippen molar-refractivity contribution in [2.45, 2.75) is 12.1 Å². The number of hydrogen-bond acceptors (Lipinski definition) is 2. The number of rotatable bonds is 4. The van der Waals surface area contributed by atoms with E-state index in [0.29, 0.717) is 10.1 Å². The van der Waals surface area contributed by atoms with Crippen LogP contribution in [0.25, 0.3) is 0 Å². The first-order valence-corrected chi connectivity index (χ1v) is 9.23. The Bertz CT molecular complexity index is 901. The normalized spacial score (nSPS) is 19.3. The molecule has 1 heterocycles. The van der Waals surface area contributed by atoms with Crippen LogP contribution in [0.5, 0.6) is 0 Å². The van der Waals surface area contributed by atoms with E-state index in [1.807, 2.05) is 41.4 Å². The molecule has 26 heavy (non-hydrogen) atoms. The van der Waals surface area contributed by atoms with E-state index in [1.165, 1.54) is 11.1 Å². The second kappa shape index (κ2) is 7.36. The quantitative estimate of drug-likeness (QED) is 0.598. The summed E-state index contributed by atoms with van der Waals surface area (Å²) in [5.41, 5.74) is 6.70. The fourth-order valence-electron chi connectivity index (χ4n) is 3.29. The summed E-state index contributed by atoms with van der Waals surface area (Å²) < 4.78 is 0. The Morgan fingerprint density at radius 1 is 0.846 bits per heavy atom. The van der Waals surface area contributed by atoms with Gasteiger partial charge in [-0.05, 0) is 41.5 Å². The molecule has 0 aromatic heterocycles. The lowest BCUT2D eigenvalue weighted by Crippen LogP contribution is -2.34. The first-order chi connectivity index (χ1) is 12.7. The van der Waals surface area contributed by atoms with Gasteiger partial charge in [0.05, 0.1) is 11.7 Å². The summed E-state index contributed by atoms with van der Waals surface area (Å²) >= 11 is 11.8. The Morgan fingerprint density at radius 2 is 1.50 bits per heavy atom. The van der Waals surface area contributed by atoms with Crippen LogP contribution in [0.2, 0.25) is 5.02 Å². The van der Waals surface area contributed by atoms with Gasteiger partial charge in [0, 0.05) is 5.02 Å². The van der Waals surface area contributed by atoms with Gasteiger partial charge in [0.2, 0.25) is 0 Å². The van der Waals surface area contributed by atoms with Crippen LogP contribution >= 0.6 is 23.8 Å². The van der Waals surface area contributed by atoms with Gasteiger partial charge in [0.25, 0.3) is 0 Å². The van der Waals surface area contributed by atoms with Crippen molar-refractivity contribution in [2.24, 2.45) is 0 Å². The highest BCUT2D eigenvalue weighted by atomic mass is 35.5. The van der Waals surface area contributed by atoms with E-state index in [4.69, 9.17) is 23.8 Å². The van der Waals surface area contributed by atoms with E-state index < -0.39 is 0 Å². The van der Waals surface area contributed by atoms with Crippen LogP contribution in [-0.2, 0) is 0 Å². The molecule has 1 aliphatic heterocycles. The number of nitrogens with one attached hydrogen (secondary N) is 2. The lowest BCUT2D eigenvalue weighted by molar-refractivity contribution is 0.368. The molecule has 5 heteroatoms. The van der Waals surface area contributed by atoms with Gasteiger partial charge >= 0.3 is 0 Å². The highest BCUT2D eigenvalue weighted by Crippen LogP contribution is 2.39. The Kier molecular flexibility index (Phi) is 4.78.